The summed E-state index contributed by atoms with van der Waals surface area (Å²) in [6.07, 6.45) is 14.0. The number of oxime groups is 1. The highest BCUT2D eigenvalue weighted by atomic mass is 35.5. The van der Waals surface area contributed by atoms with Gasteiger partial charge in [0, 0.05) is 24.0 Å². The van der Waals surface area contributed by atoms with Gasteiger partial charge in [0.15, 0.2) is 22.0 Å². The van der Waals surface area contributed by atoms with Crippen LogP contribution in [0.4, 0.5) is 4.79 Å². The van der Waals surface area contributed by atoms with Crippen LogP contribution < -0.4 is 5.73 Å². The number of hydroxylamine groups is 2. The number of urea groups is 1. The Labute approximate surface area is 399 Å². The van der Waals surface area contributed by atoms with E-state index < -0.39 is 10.4 Å². The van der Waals surface area contributed by atoms with Gasteiger partial charge in [-0.2, -0.15) is 5.06 Å². The Balaban J connectivity index is 0.000000212. The van der Waals surface area contributed by atoms with E-state index in [2.05, 4.69) is 23.2 Å². The second-order valence-electron chi connectivity index (χ2n) is 13.7. The molecule has 5 aromatic rings. The van der Waals surface area contributed by atoms with Gasteiger partial charge in [-0.3, -0.25) is 14.8 Å². The smallest absolute Gasteiger partial charge is 0.339 e. The van der Waals surface area contributed by atoms with Crippen molar-refractivity contribution < 1.29 is 29.6 Å². The van der Waals surface area contributed by atoms with Crippen LogP contribution in [0, 0.1) is 12.3 Å². The van der Waals surface area contributed by atoms with E-state index in [0.29, 0.717) is 23.5 Å². The van der Waals surface area contributed by atoms with Crippen LogP contribution in [0.1, 0.15) is 54.5 Å². The third-order valence-corrected chi connectivity index (χ3v) is 10.3. The summed E-state index contributed by atoms with van der Waals surface area (Å²) in [5.41, 5.74) is 15.2. The second kappa shape index (κ2) is 26.8. The molecule has 2 amide bonds. The SMILES string of the molecule is C.C#Cc1ccccc1.NC(=O)N(O)C1C=C(c2ccccc2)C1.O/N=C1/C=C(c2ccccc2)C1.O=C1C=C(c2ccccc2)C1.O=C1C=C(c2ccccc2)C1(Cl)Cl.O=C=C(Cl)Cl. The number of nitrogens with two attached hydrogens (primary N) is 1. The highest BCUT2D eigenvalue weighted by Crippen LogP contribution is 2.45. The molecule has 13 heteroatoms. The maximum atomic E-state index is 11.0. The predicted octanol–water partition coefficient (Wildman–Crippen LogP) is 12.2. The number of hydrogen-bond donors (Lipinski definition) is 3. The van der Waals surface area contributed by atoms with E-state index in [1.54, 1.807) is 6.08 Å². The van der Waals surface area contributed by atoms with Gasteiger partial charge in [-0.25, -0.2) is 9.59 Å². The summed E-state index contributed by atoms with van der Waals surface area (Å²) in [5.74, 6) is 3.75. The van der Waals surface area contributed by atoms with Crippen molar-refractivity contribution in [3.63, 3.8) is 0 Å². The van der Waals surface area contributed by atoms with E-state index in [1.807, 2.05) is 152 Å². The van der Waals surface area contributed by atoms with Gasteiger partial charge in [0.1, 0.15) is 0 Å². The maximum Gasteiger partial charge on any atom is 0.339 e. The Hall–Kier alpha value is -6.73. The lowest BCUT2D eigenvalue weighted by atomic mass is 9.87. The van der Waals surface area contributed by atoms with Gasteiger partial charge in [0.2, 0.25) is 4.33 Å². The molecule has 4 aliphatic carbocycles. The van der Waals surface area contributed by atoms with Gasteiger partial charge in [0.25, 0.3) is 0 Å². The molecule has 1 atom stereocenters. The largest absolute Gasteiger partial charge is 0.411 e. The quantitative estimate of drug-likeness (QED) is 0.0399. The van der Waals surface area contributed by atoms with E-state index in [9.17, 15) is 19.6 Å². The zero-order valence-electron chi connectivity index (χ0n) is 34.0. The molecule has 0 saturated carbocycles. The summed E-state index contributed by atoms with van der Waals surface area (Å²) in [6, 6.07) is 47.9. The monoisotopic (exact) mass is 947 g/mol. The van der Waals surface area contributed by atoms with E-state index in [-0.39, 0.29) is 29.5 Å². The predicted molar refractivity (Wildman–Crippen MR) is 264 cm³/mol. The molecule has 0 aromatic heterocycles. The number of nitrogens with zero attached hydrogens (tertiary/aromatic N) is 2. The van der Waals surface area contributed by atoms with Crippen LogP contribution in [-0.4, -0.2) is 55.1 Å². The van der Waals surface area contributed by atoms with Crippen molar-refractivity contribution in [2.45, 2.75) is 37.1 Å². The number of benzene rings is 5. The summed E-state index contributed by atoms with van der Waals surface area (Å²) in [6.45, 7) is 0. The number of primary amides is 1. The highest BCUT2D eigenvalue weighted by molar-refractivity contribution is 6.69. The van der Waals surface area contributed by atoms with Crippen molar-refractivity contribution >= 4 is 97.9 Å². The maximum absolute atomic E-state index is 11.0. The molecule has 0 aliphatic heterocycles. The summed E-state index contributed by atoms with van der Waals surface area (Å²) in [5, 5.41) is 21.3. The van der Waals surface area contributed by atoms with Crippen molar-refractivity contribution in [1.29, 1.82) is 0 Å². The first kappa shape index (κ1) is 52.6. The normalized spacial score (nSPS) is 15.8. The molecule has 0 spiro atoms. The summed E-state index contributed by atoms with van der Waals surface area (Å²) >= 11 is 21.0. The van der Waals surface area contributed by atoms with Crippen molar-refractivity contribution in [3.8, 4) is 12.3 Å². The minimum Gasteiger partial charge on any atom is -0.411 e. The number of rotatable bonds is 5. The number of carbonyl (C=O) groups is 3. The Morgan fingerprint density at radius 1 is 0.692 bits per heavy atom. The lowest BCUT2D eigenvalue weighted by molar-refractivity contribution is -0.115. The molecule has 1 unspecified atom stereocenters. The van der Waals surface area contributed by atoms with Crippen LogP contribution in [-0.2, 0) is 14.4 Å². The standard InChI is InChI=1S/C11H12N2O2.C10H6Cl2O.C10H9NO.C10H8O.C8H6.C2Cl2O.CH4/c12-11(14)13(15)10-6-9(7-10)8-4-2-1-3-5-8;11-10(12)8(6-9(10)13)7-4-2-1-3-5-7;12-11-10-6-9(7-10)8-4-2-1-3-5-8;11-10-6-9(7-10)8-4-2-1-3-5-8;1-2-8-6-4-3-5-7-8;3-2(4)1-5;/h1-6,10,15H,7H2,(H2,12,14);1-6H;1-6,12H,7H2;1-6H,7H2;1,3-7H;;1H4/b;;11-10-;;;;. The molecule has 9 rings (SSSR count). The third-order valence-electron chi connectivity index (χ3n) is 9.36. The van der Waals surface area contributed by atoms with Crippen LogP contribution in [0.15, 0.2) is 186 Å². The van der Waals surface area contributed by atoms with Crippen LogP contribution in [0.2, 0.25) is 0 Å². The van der Waals surface area contributed by atoms with E-state index in [1.165, 1.54) is 28.7 Å². The minimum absolute atomic E-state index is 0. The number of terminal acetylenes is 1. The van der Waals surface area contributed by atoms with E-state index in [0.717, 1.165) is 40.0 Å². The fraction of sp³-hybridized carbons (Fsp3) is 0.115. The van der Waals surface area contributed by atoms with Gasteiger partial charge >= 0.3 is 6.03 Å². The van der Waals surface area contributed by atoms with Gasteiger partial charge < -0.3 is 10.9 Å². The molecular formula is C52H45Cl4N3O6. The van der Waals surface area contributed by atoms with Gasteiger partial charge in [-0.1, -0.05) is 211 Å². The van der Waals surface area contributed by atoms with Crippen LogP contribution in [0.25, 0.3) is 22.3 Å². The fourth-order valence-corrected chi connectivity index (χ4v) is 6.29. The first-order chi connectivity index (χ1) is 30.8. The van der Waals surface area contributed by atoms with Gasteiger partial charge in [0.05, 0.1) is 11.8 Å². The van der Waals surface area contributed by atoms with Crippen molar-refractivity contribution in [2.24, 2.45) is 10.9 Å². The second-order valence-corrected chi connectivity index (χ2v) is 16.0. The molecule has 0 fully saturated rings. The summed E-state index contributed by atoms with van der Waals surface area (Å²) in [7, 11) is 0. The van der Waals surface area contributed by atoms with Crippen LogP contribution in [0.5, 0.6) is 0 Å². The molecule has 4 aliphatic rings. The molecule has 0 saturated heterocycles. The zero-order valence-corrected chi connectivity index (χ0v) is 37.1. The number of carbonyl (C=O) groups excluding carboxylic acids is 4. The average molecular weight is 950 g/mol. The van der Waals surface area contributed by atoms with Crippen LogP contribution >= 0.6 is 46.4 Å². The third kappa shape index (κ3) is 16.4. The molecule has 9 nitrogen and oxygen atoms in total. The summed E-state index contributed by atoms with van der Waals surface area (Å²) in [4.78, 5) is 41.3. The van der Waals surface area contributed by atoms with Crippen molar-refractivity contribution in [2.75, 3.05) is 0 Å². The molecule has 0 bridgehead atoms. The number of hydrogen-bond acceptors (Lipinski definition) is 7. The summed E-state index contributed by atoms with van der Waals surface area (Å²) < 4.78 is -1.69. The number of allylic oxidation sites excluding steroid dienone is 6. The first-order valence-corrected chi connectivity index (χ1v) is 20.9. The Bertz CT molecular complexity index is 2620. The molecule has 5 aromatic carbocycles. The van der Waals surface area contributed by atoms with Crippen molar-refractivity contribution in [1.82, 2.24) is 5.06 Å². The number of amides is 2. The molecular weight excluding hydrogens is 904 g/mol. The molecule has 332 valence electrons. The topological polar surface area (TPSA) is 150 Å². The first-order valence-electron chi connectivity index (χ1n) is 19.3. The Morgan fingerprint density at radius 3 is 1.37 bits per heavy atom. The van der Waals surface area contributed by atoms with E-state index in [4.69, 9.17) is 68.6 Å². The lowest BCUT2D eigenvalue weighted by Gasteiger charge is -2.30. The highest BCUT2D eigenvalue weighted by Gasteiger charge is 2.45. The number of alkyl halides is 2. The number of ketones is 2. The van der Waals surface area contributed by atoms with Crippen molar-refractivity contribution in [3.05, 3.63) is 208 Å². The Kier molecular flexibility index (Phi) is 21.7. The average Bonchev–Trinajstić information content (AvgIpc) is 3.29. The van der Waals surface area contributed by atoms with Gasteiger partial charge in [-0.05, 0) is 75.8 Å². The lowest BCUT2D eigenvalue weighted by Crippen LogP contribution is -2.43. The Morgan fingerprint density at radius 2 is 1.06 bits per heavy atom. The van der Waals surface area contributed by atoms with E-state index >= 15 is 0 Å². The minimum atomic E-state index is -1.33. The van der Waals surface area contributed by atoms with Crippen LogP contribution in [0.3, 0.4) is 0 Å². The zero-order chi connectivity index (χ0) is 46.5. The number of halogens is 4. The molecule has 65 heavy (non-hydrogen) atoms. The molecule has 4 N–H and O–H groups in total. The fourth-order valence-electron chi connectivity index (χ4n) is 5.85. The molecule has 0 radical (unpaired) electrons. The molecule has 0 heterocycles. The van der Waals surface area contributed by atoms with Gasteiger partial charge in [-0.15, -0.1) is 6.42 Å².